The molecule has 0 heterocycles. The van der Waals surface area contributed by atoms with Crippen LogP contribution in [0.15, 0.2) is 46.9 Å². The number of carbonyl (C=O) groups excluding carboxylic acids is 1. The molecule has 0 saturated carbocycles. The van der Waals surface area contributed by atoms with Gasteiger partial charge in [-0.25, -0.2) is 8.42 Å². The van der Waals surface area contributed by atoms with Gasteiger partial charge in [-0.05, 0) is 48.9 Å². The van der Waals surface area contributed by atoms with Crippen LogP contribution in [0.4, 0.5) is 11.4 Å². The van der Waals surface area contributed by atoms with Gasteiger partial charge in [0.2, 0.25) is 10.0 Å². The molecule has 2 aromatic rings. The summed E-state index contributed by atoms with van der Waals surface area (Å²) in [6, 6.07) is 12.0. The van der Waals surface area contributed by atoms with Crippen molar-refractivity contribution in [3.05, 3.63) is 58.1 Å². The summed E-state index contributed by atoms with van der Waals surface area (Å²) in [6.45, 7) is 1.77. The van der Waals surface area contributed by atoms with Gasteiger partial charge in [-0.2, -0.15) is 0 Å². The maximum atomic E-state index is 12.2. The van der Waals surface area contributed by atoms with E-state index in [0.29, 0.717) is 16.9 Å². The summed E-state index contributed by atoms with van der Waals surface area (Å²) in [6.07, 6.45) is 1.07. The monoisotopic (exact) mass is 382 g/mol. The number of aryl methyl sites for hydroxylation is 1. The Hall–Kier alpha value is -1.86. The summed E-state index contributed by atoms with van der Waals surface area (Å²) in [7, 11) is -3.39. The van der Waals surface area contributed by atoms with Crippen molar-refractivity contribution in [3.8, 4) is 0 Å². The van der Waals surface area contributed by atoms with Gasteiger partial charge < -0.3 is 5.32 Å². The Kier molecular flexibility index (Phi) is 4.87. The molecular formula is C15H15BrN2O3S. The van der Waals surface area contributed by atoms with Crippen molar-refractivity contribution in [2.24, 2.45) is 0 Å². The molecule has 0 saturated heterocycles. The van der Waals surface area contributed by atoms with Crippen molar-refractivity contribution in [1.82, 2.24) is 0 Å². The van der Waals surface area contributed by atoms with Gasteiger partial charge in [-0.15, -0.1) is 0 Å². The normalized spacial score (nSPS) is 11.0. The number of sulfonamides is 1. The standard InChI is InChI=1S/C15H15BrN2O3S/c1-10-3-4-11(9-14(10)18-22(2,20)21)15(19)17-13-7-5-12(16)6-8-13/h3-9,18H,1-2H3,(H,17,19). The second-order valence-corrected chi connectivity index (χ2v) is 7.53. The highest BCUT2D eigenvalue weighted by molar-refractivity contribution is 9.10. The fraction of sp³-hybridized carbons (Fsp3) is 0.133. The summed E-state index contributed by atoms with van der Waals surface area (Å²) < 4.78 is 26.0. The molecule has 2 aromatic carbocycles. The van der Waals surface area contributed by atoms with Crippen LogP contribution in [0.1, 0.15) is 15.9 Å². The predicted octanol–water partition coefficient (Wildman–Crippen LogP) is 3.38. The van der Waals surface area contributed by atoms with Crippen LogP contribution >= 0.6 is 15.9 Å². The lowest BCUT2D eigenvalue weighted by molar-refractivity contribution is 0.102. The minimum absolute atomic E-state index is 0.307. The zero-order valence-electron chi connectivity index (χ0n) is 12.1. The van der Waals surface area contributed by atoms with Crippen LogP contribution in [0.2, 0.25) is 0 Å². The van der Waals surface area contributed by atoms with Crippen LogP contribution in [-0.4, -0.2) is 20.6 Å². The number of nitrogens with one attached hydrogen (secondary N) is 2. The molecule has 0 radical (unpaired) electrons. The van der Waals surface area contributed by atoms with Crippen molar-refractivity contribution in [2.45, 2.75) is 6.92 Å². The van der Waals surface area contributed by atoms with Gasteiger partial charge >= 0.3 is 0 Å². The molecule has 0 atom stereocenters. The van der Waals surface area contributed by atoms with E-state index >= 15 is 0 Å². The number of anilines is 2. The smallest absolute Gasteiger partial charge is 0.255 e. The summed E-state index contributed by atoms with van der Waals surface area (Å²) in [5.41, 5.74) is 2.17. The predicted molar refractivity (Wildman–Crippen MR) is 91.7 cm³/mol. The first-order valence-electron chi connectivity index (χ1n) is 6.40. The maximum absolute atomic E-state index is 12.2. The zero-order valence-corrected chi connectivity index (χ0v) is 14.5. The zero-order chi connectivity index (χ0) is 16.3. The van der Waals surface area contributed by atoms with Gasteiger partial charge in [0.15, 0.2) is 0 Å². The summed E-state index contributed by atoms with van der Waals surface area (Å²) in [4.78, 5) is 12.2. The van der Waals surface area contributed by atoms with Gasteiger partial charge in [0.25, 0.3) is 5.91 Å². The largest absolute Gasteiger partial charge is 0.322 e. The van der Waals surface area contributed by atoms with Crippen molar-refractivity contribution in [1.29, 1.82) is 0 Å². The Bertz CT molecular complexity index is 802. The van der Waals surface area contributed by atoms with E-state index < -0.39 is 10.0 Å². The van der Waals surface area contributed by atoms with Gasteiger partial charge in [0.1, 0.15) is 0 Å². The van der Waals surface area contributed by atoms with E-state index in [1.807, 2.05) is 12.1 Å². The fourth-order valence-corrected chi connectivity index (χ4v) is 2.69. The van der Waals surface area contributed by atoms with Crippen molar-refractivity contribution >= 4 is 43.2 Å². The van der Waals surface area contributed by atoms with Gasteiger partial charge in [0, 0.05) is 15.7 Å². The van der Waals surface area contributed by atoms with E-state index in [1.54, 1.807) is 31.2 Å². The van der Waals surface area contributed by atoms with Crippen molar-refractivity contribution in [2.75, 3.05) is 16.3 Å². The van der Waals surface area contributed by atoms with Crippen LogP contribution < -0.4 is 10.0 Å². The number of hydrogen-bond acceptors (Lipinski definition) is 3. The number of amides is 1. The Balaban J connectivity index is 2.23. The molecule has 0 unspecified atom stereocenters. The topological polar surface area (TPSA) is 75.3 Å². The Labute approximate surface area is 137 Å². The van der Waals surface area contributed by atoms with Crippen LogP contribution in [0.25, 0.3) is 0 Å². The first-order chi connectivity index (χ1) is 10.2. The Morgan fingerprint density at radius 1 is 1.09 bits per heavy atom. The molecule has 2 rings (SSSR count). The van der Waals surface area contributed by atoms with Crippen LogP contribution in [0.3, 0.4) is 0 Å². The molecule has 116 valence electrons. The number of carbonyl (C=O) groups is 1. The molecule has 0 fully saturated rings. The highest BCUT2D eigenvalue weighted by atomic mass is 79.9. The maximum Gasteiger partial charge on any atom is 0.255 e. The first kappa shape index (κ1) is 16.5. The highest BCUT2D eigenvalue weighted by Gasteiger charge is 2.11. The quantitative estimate of drug-likeness (QED) is 0.850. The SMILES string of the molecule is Cc1ccc(C(=O)Nc2ccc(Br)cc2)cc1NS(C)(=O)=O. The van der Waals surface area contributed by atoms with E-state index in [4.69, 9.17) is 0 Å². The number of hydrogen-bond donors (Lipinski definition) is 2. The van der Waals surface area contributed by atoms with Gasteiger partial charge in [-0.1, -0.05) is 22.0 Å². The van der Waals surface area contributed by atoms with Crippen LogP contribution in [0, 0.1) is 6.92 Å². The average molecular weight is 383 g/mol. The molecule has 1 amide bonds. The van der Waals surface area contributed by atoms with Crippen LogP contribution in [0.5, 0.6) is 0 Å². The Morgan fingerprint density at radius 2 is 1.73 bits per heavy atom. The molecule has 22 heavy (non-hydrogen) atoms. The molecule has 5 nitrogen and oxygen atoms in total. The van der Waals surface area contributed by atoms with E-state index in [1.165, 1.54) is 6.07 Å². The lowest BCUT2D eigenvalue weighted by Crippen LogP contribution is -2.14. The lowest BCUT2D eigenvalue weighted by atomic mass is 10.1. The molecule has 0 spiro atoms. The highest BCUT2D eigenvalue weighted by Crippen LogP contribution is 2.20. The molecule has 0 aliphatic rings. The summed E-state index contributed by atoms with van der Waals surface area (Å²) >= 11 is 3.32. The Morgan fingerprint density at radius 3 is 2.32 bits per heavy atom. The third-order valence-corrected chi connectivity index (χ3v) is 4.02. The molecule has 0 aliphatic carbocycles. The van der Waals surface area contributed by atoms with E-state index in [0.717, 1.165) is 16.3 Å². The third-order valence-electron chi connectivity index (χ3n) is 2.90. The van der Waals surface area contributed by atoms with E-state index in [9.17, 15) is 13.2 Å². The lowest BCUT2D eigenvalue weighted by Gasteiger charge is -2.10. The second-order valence-electron chi connectivity index (χ2n) is 4.86. The second kappa shape index (κ2) is 6.50. The molecule has 0 bridgehead atoms. The molecule has 2 N–H and O–H groups in total. The van der Waals surface area contributed by atoms with Gasteiger partial charge in [0.05, 0.1) is 11.9 Å². The van der Waals surface area contributed by atoms with E-state index in [2.05, 4.69) is 26.0 Å². The fourth-order valence-electron chi connectivity index (χ4n) is 1.81. The molecule has 0 aromatic heterocycles. The minimum atomic E-state index is -3.39. The van der Waals surface area contributed by atoms with E-state index in [-0.39, 0.29) is 5.91 Å². The van der Waals surface area contributed by atoms with Gasteiger partial charge in [-0.3, -0.25) is 9.52 Å². The summed E-state index contributed by atoms with van der Waals surface area (Å²) in [5, 5.41) is 2.76. The third kappa shape index (κ3) is 4.57. The van der Waals surface area contributed by atoms with Crippen molar-refractivity contribution < 1.29 is 13.2 Å². The number of rotatable bonds is 4. The summed E-state index contributed by atoms with van der Waals surface area (Å²) in [5.74, 6) is -0.307. The molecule has 7 heteroatoms. The average Bonchev–Trinajstić information content (AvgIpc) is 2.42. The first-order valence-corrected chi connectivity index (χ1v) is 9.08. The van der Waals surface area contributed by atoms with Crippen LogP contribution in [-0.2, 0) is 10.0 Å². The number of benzene rings is 2. The molecule has 0 aliphatic heterocycles. The van der Waals surface area contributed by atoms with Crippen molar-refractivity contribution in [3.63, 3.8) is 0 Å². The number of halogens is 1. The molecular weight excluding hydrogens is 368 g/mol. The minimum Gasteiger partial charge on any atom is -0.322 e.